The van der Waals surface area contributed by atoms with Gasteiger partial charge < -0.3 is 9.84 Å². The Labute approximate surface area is 141 Å². The van der Waals surface area contributed by atoms with Gasteiger partial charge in [-0.3, -0.25) is 9.88 Å². The first-order valence-electron chi connectivity index (χ1n) is 6.77. The van der Waals surface area contributed by atoms with Gasteiger partial charge in [0.05, 0.1) is 5.69 Å². The van der Waals surface area contributed by atoms with Crippen LogP contribution < -0.4 is 0 Å². The number of hydrogen-bond donors (Lipinski definition) is 1. The lowest BCUT2D eigenvalue weighted by Gasteiger charge is -2.23. The van der Waals surface area contributed by atoms with Crippen LogP contribution in [0, 0.1) is 0 Å². The number of carbonyl (C=O) groups is 2. The zero-order valence-electron chi connectivity index (χ0n) is 12.3. The first-order chi connectivity index (χ1) is 11.0. The van der Waals surface area contributed by atoms with Crippen LogP contribution in [0.5, 0.6) is 0 Å². The molecular formula is C16H15BrN2O4. The van der Waals surface area contributed by atoms with Gasteiger partial charge in [-0.2, -0.15) is 0 Å². The number of likely N-dealkylation sites (N-methyl/N-ethyl adjacent to an activating group) is 1. The van der Waals surface area contributed by atoms with E-state index < -0.39 is 18.1 Å². The van der Waals surface area contributed by atoms with Crippen LogP contribution in [-0.2, 0) is 16.1 Å². The lowest BCUT2D eigenvalue weighted by Crippen LogP contribution is -2.36. The molecule has 0 fully saturated rings. The van der Waals surface area contributed by atoms with Crippen LogP contribution in [0.2, 0.25) is 0 Å². The van der Waals surface area contributed by atoms with Crippen molar-refractivity contribution in [3.8, 4) is 0 Å². The SMILES string of the molecule is CN(C(=O)OCc1ccccc1)C(C(=O)O)c1ccc(Br)cn1. The van der Waals surface area contributed by atoms with Crippen LogP contribution in [-0.4, -0.2) is 34.1 Å². The molecule has 1 aromatic carbocycles. The Kier molecular flexibility index (Phi) is 5.70. The van der Waals surface area contributed by atoms with Crippen molar-refractivity contribution in [1.29, 1.82) is 0 Å². The van der Waals surface area contributed by atoms with Gasteiger partial charge in [0.2, 0.25) is 0 Å². The molecule has 1 heterocycles. The topological polar surface area (TPSA) is 79.7 Å². The quantitative estimate of drug-likeness (QED) is 0.863. The number of halogens is 1. The number of aliphatic carboxylic acids is 1. The Balaban J connectivity index is 2.08. The number of aromatic nitrogens is 1. The molecule has 0 aliphatic carbocycles. The molecular weight excluding hydrogens is 364 g/mol. The summed E-state index contributed by atoms with van der Waals surface area (Å²) in [5, 5.41) is 9.40. The molecule has 1 amide bonds. The molecule has 0 radical (unpaired) electrons. The summed E-state index contributed by atoms with van der Waals surface area (Å²) in [5.41, 5.74) is 1.07. The van der Waals surface area contributed by atoms with Gasteiger partial charge in [0.1, 0.15) is 6.61 Å². The largest absolute Gasteiger partial charge is 0.479 e. The molecule has 1 aromatic heterocycles. The van der Waals surface area contributed by atoms with Gasteiger partial charge in [-0.1, -0.05) is 30.3 Å². The second-order valence-corrected chi connectivity index (χ2v) is 5.71. The van der Waals surface area contributed by atoms with E-state index >= 15 is 0 Å². The smallest absolute Gasteiger partial charge is 0.410 e. The standard InChI is InChI=1S/C16H15BrN2O4/c1-19(16(22)23-10-11-5-3-2-4-6-11)14(15(20)21)13-8-7-12(17)9-18-13/h2-9,14H,10H2,1H3,(H,20,21). The second-order valence-electron chi connectivity index (χ2n) is 4.79. The number of nitrogens with zero attached hydrogens (tertiary/aromatic N) is 2. The van der Waals surface area contributed by atoms with E-state index in [2.05, 4.69) is 20.9 Å². The molecule has 2 rings (SSSR count). The highest BCUT2D eigenvalue weighted by Gasteiger charge is 2.30. The Hall–Kier alpha value is -2.41. The molecule has 0 bridgehead atoms. The monoisotopic (exact) mass is 378 g/mol. The number of carboxylic acid groups (broad SMARTS) is 1. The van der Waals surface area contributed by atoms with Gasteiger partial charge in [0.25, 0.3) is 0 Å². The molecule has 0 spiro atoms. The maximum Gasteiger partial charge on any atom is 0.410 e. The summed E-state index contributed by atoms with van der Waals surface area (Å²) < 4.78 is 5.87. The zero-order chi connectivity index (χ0) is 16.8. The summed E-state index contributed by atoms with van der Waals surface area (Å²) in [6, 6.07) is 11.2. The van der Waals surface area contributed by atoms with Crippen molar-refractivity contribution < 1.29 is 19.4 Å². The van der Waals surface area contributed by atoms with Crippen molar-refractivity contribution in [2.75, 3.05) is 7.05 Å². The Morgan fingerprint density at radius 1 is 1.26 bits per heavy atom. The van der Waals surface area contributed by atoms with E-state index in [-0.39, 0.29) is 12.3 Å². The molecule has 120 valence electrons. The van der Waals surface area contributed by atoms with Crippen molar-refractivity contribution in [1.82, 2.24) is 9.88 Å². The third kappa shape index (κ3) is 4.53. The summed E-state index contributed by atoms with van der Waals surface area (Å²) in [4.78, 5) is 28.7. The maximum atomic E-state index is 12.1. The molecule has 0 saturated carbocycles. The Morgan fingerprint density at radius 2 is 1.96 bits per heavy atom. The minimum absolute atomic E-state index is 0.0735. The van der Waals surface area contributed by atoms with Gasteiger partial charge >= 0.3 is 12.1 Å². The second kappa shape index (κ2) is 7.73. The first-order valence-corrected chi connectivity index (χ1v) is 7.56. The van der Waals surface area contributed by atoms with Gasteiger partial charge in [-0.05, 0) is 33.6 Å². The molecule has 0 saturated heterocycles. The average Bonchev–Trinajstić information content (AvgIpc) is 2.55. The summed E-state index contributed by atoms with van der Waals surface area (Å²) in [7, 11) is 1.37. The minimum atomic E-state index is -1.22. The highest BCUT2D eigenvalue weighted by molar-refractivity contribution is 9.10. The van der Waals surface area contributed by atoms with Crippen LogP contribution in [0.25, 0.3) is 0 Å². The van der Waals surface area contributed by atoms with E-state index in [4.69, 9.17) is 4.74 Å². The highest BCUT2D eigenvalue weighted by Crippen LogP contribution is 2.20. The van der Waals surface area contributed by atoms with E-state index in [0.717, 1.165) is 14.9 Å². The first kappa shape index (κ1) is 17.0. The molecule has 23 heavy (non-hydrogen) atoms. The third-order valence-electron chi connectivity index (χ3n) is 3.14. The number of ether oxygens (including phenoxy) is 1. The molecule has 0 aliphatic rings. The molecule has 1 unspecified atom stereocenters. The number of rotatable bonds is 5. The molecule has 1 atom stereocenters. The van der Waals surface area contributed by atoms with Gasteiger partial charge in [-0.15, -0.1) is 0 Å². The predicted molar refractivity (Wildman–Crippen MR) is 86.7 cm³/mol. The number of benzene rings is 1. The van der Waals surface area contributed by atoms with Crippen LogP contribution in [0.15, 0.2) is 53.1 Å². The summed E-state index contributed by atoms with van der Waals surface area (Å²) in [6.45, 7) is 0.0735. The van der Waals surface area contributed by atoms with E-state index in [0.29, 0.717) is 0 Å². The highest BCUT2D eigenvalue weighted by atomic mass is 79.9. The molecule has 7 heteroatoms. The van der Waals surface area contributed by atoms with Gasteiger partial charge in [0.15, 0.2) is 6.04 Å². The fourth-order valence-electron chi connectivity index (χ4n) is 1.97. The van der Waals surface area contributed by atoms with E-state index in [1.807, 2.05) is 30.3 Å². The van der Waals surface area contributed by atoms with Crippen molar-refractivity contribution in [3.63, 3.8) is 0 Å². The number of hydrogen-bond acceptors (Lipinski definition) is 4. The third-order valence-corrected chi connectivity index (χ3v) is 3.61. The van der Waals surface area contributed by atoms with Gasteiger partial charge in [-0.25, -0.2) is 9.59 Å². The maximum absolute atomic E-state index is 12.1. The lowest BCUT2D eigenvalue weighted by atomic mass is 10.1. The van der Waals surface area contributed by atoms with Crippen molar-refractivity contribution in [2.24, 2.45) is 0 Å². The Morgan fingerprint density at radius 3 is 2.52 bits per heavy atom. The van der Waals surface area contributed by atoms with Crippen LogP contribution >= 0.6 is 15.9 Å². The van der Waals surface area contributed by atoms with E-state index in [1.165, 1.54) is 13.2 Å². The van der Waals surface area contributed by atoms with Crippen LogP contribution in [0.1, 0.15) is 17.3 Å². The predicted octanol–water partition coefficient (Wildman–Crippen LogP) is 3.24. The number of carboxylic acids is 1. The Bertz CT molecular complexity index is 676. The molecule has 1 N–H and O–H groups in total. The number of carbonyl (C=O) groups excluding carboxylic acids is 1. The normalized spacial score (nSPS) is 11.6. The molecule has 0 aliphatic heterocycles. The fourth-order valence-corrected chi connectivity index (χ4v) is 2.20. The zero-order valence-corrected chi connectivity index (χ0v) is 13.9. The number of pyridine rings is 1. The summed E-state index contributed by atoms with van der Waals surface area (Å²) in [6.07, 6.45) is 0.750. The van der Waals surface area contributed by atoms with Crippen molar-refractivity contribution in [3.05, 3.63) is 64.4 Å². The van der Waals surface area contributed by atoms with E-state index in [9.17, 15) is 14.7 Å². The number of amides is 1. The van der Waals surface area contributed by atoms with Crippen LogP contribution in [0.4, 0.5) is 4.79 Å². The fraction of sp³-hybridized carbons (Fsp3) is 0.188. The molecule has 2 aromatic rings. The van der Waals surface area contributed by atoms with E-state index in [1.54, 1.807) is 12.1 Å². The van der Waals surface area contributed by atoms with Gasteiger partial charge in [0, 0.05) is 17.7 Å². The molecule has 6 nitrogen and oxygen atoms in total. The van der Waals surface area contributed by atoms with Crippen molar-refractivity contribution >= 4 is 28.0 Å². The summed E-state index contributed by atoms with van der Waals surface area (Å²) in [5.74, 6) is -1.18. The van der Waals surface area contributed by atoms with Crippen LogP contribution in [0.3, 0.4) is 0 Å². The average molecular weight is 379 g/mol. The summed E-state index contributed by atoms with van der Waals surface area (Å²) >= 11 is 3.23. The minimum Gasteiger partial charge on any atom is -0.479 e. The van der Waals surface area contributed by atoms with Crippen molar-refractivity contribution in [2.45, 2.75) is 12.6 Å². The lowest BCUT2D eigenvalue weighted by molar-refractivity contribution is -0.142.